The van der Waals surface area contributed by atoms with Crippen molar-refractivity contribution < 1.29 is 54.4 Å². The summed E-state index contributed by atoms with van der Waals surface area (Å²) in [5, 5.41) is 5.31. The molecule has 1 aliphatic heterocycles. The van der Waals surface area contributed by atoms with Crippen LogP contribution < -0.4 is 21.2 Å². The maximum absolute atomic E-state index is 10.6. The SMILES string of the molecule is O=S([O-])C(F)(F)F.[2H][C-]=O.[O]=[Rh].c1ccc([PH+](OC(c2ccccc2)(c2ccccc2)[C@@H]2CCN2[PH+](c2ccccc2)c2ccccc2)c2ccccc2)cc1. The monoisotopic (exact) mass is 891 g/mol. The van der Waals surface area contributed by atoms with Crippen LogP contribution in [0.5, 0.6) is 0 Å². The predicted octanol–water partition coefficient (Wildman–Crippen LogP) is 7.57. The number of hydrogen-bond acceptors (Lipinski definition) is 6. The molecule has 6 nitrogen and oxygen atoms in total. The molecule has 0 spiro atoms. The zero-order valence-electron chi connectivity index (χ0n) is 30.2. The second kappa shape index (κ2) is 22.0. The van der Waals surface area contributed by atoms with Crippen LogP contribution in [-0.4, -0.2) is 38.3 Å². The quantitative estimate of drug-likeness (QED) is 0.0464. The fourth-order valence-corrected chi connectivity index (χ4v) is 11.7. The van der Waals surface area contributed by atoms with Gasteiger partial charge in [-0.2, -0.15) is 19.2 Å². The van der Waals surface area contributed by atoms with Gasteiger partial charge < -0.3 is 9.35 Å². The van der Waals surface area contributed by atoms with Crippen molar-refractivity contribution in [3.05, 3.63) is 193 Å². The van der Waals surface area contributed by atoms with E-state index in [-0.39, 0.29) is 6.04 Å². The first-order chi connectivity index (χ1) is 27.2. The Hall–Kier alpha value is -3.91. The smallest absolute Gasteiger partial charge is 0.199 e. The Morgan fingerprint density at radius 3 is 1.22 bits per heavy atom. The molecule has 6 aromatic carbocycles. The Morgan fingerprint density at radius 2 is 0.945 bits per heavy atom. The number of hydrogen-bond donors (Lipinski definition) is 0. The first kappa shape index (κ1) is 42.2. The molecule has 1 saturated heterocycles. The molecule has 7 rings (SSSR count). The summed E-state index contributed by atoms with van der Waals surface area (Å²) in [5.74, 6) is 0. The van der Waals surface area contributed by atoms with E-state index in [1.165, 1.54) is 50.6 Å². The van der Waals surface area contributed by atoms with Gasteiger partial charge in [-0.05, 0) is 66.1 Å². The van der Waals surface area contributed by atoms with E-state index >= 15 is 0 Å². The first-order valence-electron chi connectivity index (χ1n) is 17.3. The largest absolute Gasteiger partial charge is 0.212 e. The molecule has 0 aliphatic carbocycles. The van der Waals surface area contributed by atoms with E-state index in [0.29, 0.717) is 0 Å². The van der Waals surface area contributed by atoms with Gasteiger partial charge in [0.25, 0.3) is 0 Å². The zero-order chi connectivity index (χ0) is 40.4. The molecule has 0 saturated carbocycles. The second-order valence-electron chi connectivity index (χ2n) is 11.9. The van der Waals surface area contributed by atoms with Gasteiger partial charge in [0.05, 0.1) is 17.1 Å². The van der Waals surface area contributed by atoms with E-state index in [9.17, 15) is 13.2 Å². The van der Waals surface area contributed by atoms with Crippen LogP contribution in [0.2, 0.25) is 0 Å². The van der Waals surface area contributed by atoms with Crippen molar-refractivity contribution in [1.29, 1.82) is 0 Å². The van der Waals surface area contributed by atoms with Crippen LogP contribution in [0, 0.1) is 0 Å². The molecule has 2 atom stereocenters. The number of alkyl halides is 3. The fourth-order valence-electron chi connectivity index (χ4n) is 6.50. The molecular weight excluding hydrogens is 852 g/mol. The van der Waals surface area contributed by atoms with E-state index in [1.807, 2.05) is 0 Å². The molecule has 55 heavy (non-hydrogen) atoms. The van der Waals surface area contributed by atoms with Crippen LogP contribution in [0.25, 0.3) is 0 Å². The predicted molar refractivity (Wildman–Crippen MR) is 213 cm³/mol. The summed E-state index contributed by atoms with van der Waals surface area (Å²) in [7, 11) is -2.95. The molecule has 0 N–H and O–H groups in total. The maximum Gasteiger partial charge on any atom is 0.199 e. The summed E-state index contributed by atoms with van der Waals surface area (Å²) in [5.41, 5.74) is -3.35. The van der Waals surface area contributed by atoms with Gasteiger partial charge in [0.1, 0.15) is 29.3 Å². The second-order valence-corrected chi connectivity index (χ2v) is 17.3. The van der Waals surface area contributed by atoms with Crippen LogP contribution in [-0.2, 0) is 47.8 Å². The van der Waals surface area contributed by atoms with Crippen LogP contribution in [0.1, 0.15) is 18.9 Å². The number of nitrogens with zero attached hydrogens (tertiary/aromatic N) is 1. The summed E-state index contributed by atoms with van der Waals surface area (Å²) in [6, 6.07) is 66.1. The van der Waals surface area contributed by atoms with Crippen molar-refractivity contribution >= 4 is 55.3 Å². The van der Waals surface area contributed by atoms with E-state index < -0.39 is 38.4 Å². The molecule has 287 valence electrons. The van der Waals surface area contributed by atoms with Gasteiger partial charge in [0.15, 0.2) is 13.7 Å². The average Bonchev–Trinajstić information content (AvgIpc) is 3.23. The van der Waals surface area contributed by atoms with Gasteiger partial charge in [-0.15, -0.1) is 0 Å². The molecule has 1 unspecified atom stereocenters. The third-order valence-corrected chi connectivity index (χ3v) is 14.3. The minimum Gasteiger partial charge on any atom is -0.212 e. The summed E-state index contributed by atoms with van der Waals surface area (Å²) in [6.45, 7) is 1.78. The molecule has 0 aromatic heterocycles. The van der Waals surface area contributed by atoms with Crippen molar-refractivity contribution in [3.63, 3.8) is 0 Å². The number of halogens is 3. The summed E-state index contributed by atoms with van der Waals surface area (Å²) < 4.78 is 73.7. The van der Waals surface area contributed by atoms with Crippen molar-refractivity contribution in [1.82, 2.24) is 4.67 Å². The minimum atomic E-state index is -5.08. The van der Waals surface area contributed by atoms with E-state index in [2.05, 4.69) is 187 Å². The van der Waals surface area contributed by atoms with Crippen molar-refractivity contribution in [2.45, 2.75) is 23.6 Å². The van der Waals surface area contributed by atoms with Gasteiger partial charge >= 0.3 is 27.3 Å². The topological polar surface area (TPSA) is 86.7 Å². The molecule has 13 heteroatoms. The number of benzene rings is 6. The molecule has 1 heterocycles. The zero-order valence-corrected chi connectivity index (χ0v) is 33.6. The van der Waals surface area contributed by atoms with Crippen molar-refractivity contribution in [2.24, 2.45) is 0 Å². The van der Waals surface area contributed by atoms with Crippen LogP contribution in [0.15, 0.2) is 182 Å². The van der Waals surface area contributed by atoms with Gasteiger partial charge in [-0.3, -0.25) is 11.0 Å². The molecule has 1 fully saturated rings. The Kier molecular flexibility index (Phi) is 16.9. The Balaban J connectivity index is 0.000000513. The molecule has 0 bridgehead atoms. The number of carbonyl (C=O) groups excluding carboxylic acids is 1. The first-order valence-corrected chi connectivity index (χ1v) is 21.4. The standard InChI is InChI=1S/C40H35NOP2.CHF3O2S.CHO.O.Rh/c1-7-19-33(20-8-1)40(34-21-9-2-10-22-34,42-44(37-27-15-5-16-28-37)38-29-17-6-18-30-38)39-31-32-41(39)43(35-23-11-3-12-24-35)36-25-13-4-14-26-36;2-1(3,4)7(5)6;1-2;;/h1-30,39H,31-32H2;(H,5,6);1H;;/q;;-1;;/p+1/t39-;;;;/m0..../s1/i;;1D;;. The summed E-state index contributed by atoms with van der Waals surface area (Å²) in [4.78, 5) is 8.35. The van der Waals surface area contributed by atoms with Crippen molar-refractivity contribution in [3.8, 4) is 0 Å². The van der Waals surface area contributed by atoms with Crippen LogP contribution >= 0.6 is 16.2 Å². The Bertz CT molecular complexity index is 1930. The summed E-state index contributed by atoms with van der Waals surface area (Å²) in [6.07, 6.45) is 1.05. The average molecular weight is 892 g/mol. The Morgan fingerprint density at radius 1 is 0.655 bits per heavy atom. The van der Waals surface area contributed by atoms with E-state index in [4.69, 9.17) is 23.0 Å². The van der Waals surface area contributed by atoms with Gasteiger partial charge in [-0.25, -0.2) is 4.52 Å². The molecule has 0 radical (unpaired) electrons. The third-order valence-electron chi connectivity index (χ3n) is 8.80. The fraction of sp³-hybridized carbons (Fsp3) is 0.119. The summed E-state index contributed by atoms with van der Waals surface area (Å²) >= 11 is -2.63. The van der Waals surface area contributed by atoms with Crippen LogP contribution in [0.4, 0.5) is 13.2 Å². The van der Waals surface area contributed by atoms with Gasteiger partial charge in [-0.1, -0.05) is 133 Å². The van der Waals surface area contributed by atoms with Gasteiger partial charge in [0, 0.05) is 6.54 Å². The van der Waals surface area contributed by atoms with E-state index in [0.717, 1.165) is 19.7 Å². The van der Waals surface area contributed by atoms with Crippen molar-refractivity contribution in [2.75, 3.05) is 6.54 Å². The minimum absolute atomic E-state index is 0.147. The normalized spacial score (nSPS) is 14.7. The number of rotatable bonds is 10. The Labute approximate surface area is 336 Å². The van der Waals surface area contributed by atoms with Crippen LogP contribution in [0.3, 0.4) is 0 Å². The van der Waals surface area contributed by atoms with E-state index in [1.54, 1.807) is 0 Å². The maximum atomic E-state index is 10.6. The van der Waals surface area contributed by atoms with Gasteiger partial charge in [0.2, 0.25) is 0 Å². The third kappa shape index (κ3) is 11.1. The molecular formula is C42H38F3NO5P2RhS. The molecule has 0 amide bonds. The molecule has 6 aromatic rings. The molecule has 1 aliphatic rings.